The molecular formula is C34H42N8O7. The zero-order valence-electron chi connectivity index (χ0n) is 28.2. The molecule has 5 aliphatic rings. The number of aromatic hydroxyl groups is 1. The van der Waals surface area contributed by atoms with Crippen molar-refractivity contribution in [1.29, 1.82) is 0 Å². The molecule has 0 saturated heterocycles. The topological polar surface area (TPSA) is 174 Å². The molecule has 15 nitrogen and oxygen atoms in total. The summed E-state index contributed by atoms with van der Waals surface area (Å²) < 4.78 is 22.3. The minimum Gasteiger partial charge on any atom is -0.491 e. The zero-order chi connectivity index (χ0) is 34.7. The molecule has 2 aromatic rings. The predicted octanol–water partition coefficient (Wildman–Crippen LogP) is 7.00. The number of hydrazone groups is 1. The molecule has 0 spiro atoms. The molecule has 7 rings (SSSR count). The van der Waals surface area contributed by atoms with Crippen molar-refractivity contribution >= 4 is 41.1 Å². The molecule has 15 heteroatoms. The van der Waals surface area contributed by atoms with Crippen LogP contribution in [0.15, 0.2) is 75.0 Å². The van der Waals surface area contributed by atoms with E-state index in [9.17, 15) is 14.7 Å². The maximum Gasteiger partial charge on any atom is 0.510 e. The van der Waals surface area contributed by atoms with E-state index in [1.807, 2.05) is 35.4 Å². The van der Waals surface area contributed by atoms with Gasteiger partial charge in [-0.3, -0.25) is 0 Å². The first-order valence-electron chi connectivity index (χ1n) is 16.6. The average molecular weight is 675 g/mol. The maximum atomic E-state index is 11.8. The Balaban J connectivity index is 0.000000174. The van der Waals surface area contributed by atoms with Crippen LogP contribution in [-0.2, 0) is 18.9 Å². The van der Waals surface area contributed by atoms with E-state index in [1.54, 1.807) is 30.7 Å². The van der Waals surface area contributed by atoms with E-state index < -0.39 is 24.8 Å². The SMILES string of the molecule is CCOC(=O)OC1N=C2CC(C(C)(C)C)=NN2C2C=CCC12.CCOC(=O)OC1Nc2c(N=Nc3ccccc3)c(O)nn2C2C=CCC12. The standard InChI is InChI=1S/C18H19N5O4.C16H23N3O3/c1-2-26-18(25)27-17-12-9-6-10-13(12)23-15(19-17)14(16(24)22-23)21-20-11-7-4-3-5-8-11;1-5-21-15(20)22-14-10-7-6-8-11(10)19-13(17-14)9-12(18-19)16(2,3)4/h3-8,10,12-13,17,19H,2,9H2,1H3,(H,22,24);6,8,10-11,14H,5,7,9H2,1-4H3. The van der Waals surface area contributed by atoms with Crippen molar-refractivity contribution in [3.05, 3.63) is 54.6 Å². The summed E-state index contributed by atoms with van der Waals surface area (Å²) >= 11 is 0. The van der Waals surface area contributed by atoms with E-state index in [0.717, 1.165) is 18.0 Å². The molecule has 0 bridgehead atoms. The summed E-state index contributed by atoms with van der Waals surface area (Å²) in [4.78, 5) is 28.1. The van der Waals surface area contributed by atoms with Gasteiger partial charge in [-0.1, -0.05) is 63.3 Å². The minimum atomic E-state index is -0.745. The fraction of sp³-hybridized carbons (Fsp3) is 0.500. The molecule has 6 unspecified atom stereocenters. The number of aromatic nitrogens is 2. The molecule has 260 valence electrons. The Kier molecular flexibility index (Phi) is 9.69. The highest BCUT2D eigenvalue weighted by atomic mass is 16.7. The third kappa shape index (κ3) is 7.15. The number of benzene rings is 1. The summed E-state index contributed by atoms with van der Waals surface area (Å²) in [5.41, 5.74) is 1.96. The molecule has 49 heavy (non-hydrogen) atoms. The lowest BCUT2D eigenvalue weighted by Gasteiger charge is -2.35. The molecule has 2 aliphatic carbocycles. The second kappa shape index (κ2) is 14.1. The fourth-order valence-corrected chi connectivity index (χ4v) is 6.32. The Labute approximate surface area is 284 Å². The van der Waals surface area contributed by atoms with E-state index in [0.29, 0.717) is 31.0 Å². The molecule has 1 aromatic heterocycles. The van der Waals surface area contributed by atoms with E-state index in [1.165, 1.54) is 0 Å². The van der Waals surface area contributed by atoms with Crippen molar-refractivity contribution in [2.75, 3.05) is 18.5 Å². The summed E-state index contributed by atoms with van der Waals surface area (Å²) in [7, 11) is 0. The van der Waals surface area contributed by atoms with E-state index in [-0.39, 0.29) is 47.5 Å². The number of azo groups is 1. The summed E-state index contributed by atoms with van der Waals surface area (Å²) in [6.45, 7) is 10.5. The number of hydrogen-bond acceptors (Lipinski definition) is 14. The molecule has 3 aliphatic heterocycles. The normalized spacial score (nSPS) is 25.9. The van der Waals surface area contributed by atoms with Gasteiger partial charge in [0, 0.05) is 23.7 Å². The monoisotopic (exact) mass is 674 g/mol. The van der Waals surface area contributed by atoms with Gasteiger partial charge in [0.15, 0.2) is 17.7 Å². The number of carbonyl (C=O) groups excluding carboxylic acids is 2. The Morgan fingerprint density at radius 2 is 1.63 bits per heavy atom. The Morgan fingerprint density at radius 3 is 2.33 bits per heavy atom. The highest BCUT2D eigenvalue weighted by Gasteiger charge is 2.46. The lowest BCUT2D eigenvalue weighted by molar-refractivity contribution is -0.00564. The molecule has 0 saturated carbocycles. The average Bonchev–Trinajstić information content (AvgIpc) is 3.86. The number of nitrogens with one attached hydrogen (secondary N) is 1. The van der Waals surface area contributed by atoms with Gasteiger partial charge in [0.1, 0.15) is 5.84 Å². The highest BCUT2D eigenvalue weighted by molar-refractivity contribution is 6.09. The van der Waals surface area contributed by atoms with Crippen LogP contribution in [0.5, 0.6) is 5.88 Å². The van der Waals surface area contributed by atoms with Crippen LogP contribution >= 0.6 is 0 Å². The number of rotatable bonds is 6. The second-order valence-electron chi connectivity index (χ2n) is 13.1. The van der Waals surface area contributed by atoms with Crippen LogP contribution in [-0.4, -0.2) is 75.5 Å². The lowest BCUT2D eigenvalue weighted by Crippen LogP contribution is -2.46. The number of amidine groups is 1. The molecule has 4 heterocycles. The summed E-state index contributed by atoms with van der Waals surface area (Å²) in [5, 5.41) is 32.6. The number of nitrogens with zero attached hydrogens (tertiary/aromatic N) is 7. The van der Waals surface area contributed by atoms with Crippen molar-refractivity contribution < 1.29 is 33.6 Å². The second-order valence-corrected chi connectivity index (χ2v) is 13.1. The number of carbonyl (C=O) groups is 2. The molecule has 0 amide bonds. The van der Waals surface area contributed by atoms with Crippen LogP contribution < -0.4 is 5.32 Å². The summed E-state index contributed by atoms with van der Waals surface area (Å²) in [5.74, 6) is 1.13. The van der Waals surface area contributed by atoms with E-state index in [4.69, 9.17) is 24.0 Å². The molecule has 1 aromatic carbocycles. The third-order valence-corrected chi connectivity index (χ3v) is 8.77. The van der Waals surface area contributed by atoms with E-state index >= 15 is 0 Å². The first-order valence-corrected chi connectivity index (χ1v) is 16.6. The van der Waals surface area contributed by atoms with Crippen LogP contribution in [0, 0.1) is 17.3 Å². The number of hydrogen-bond donors (Lipinski definition) is 2. The van der Waals surface area contributed by atoms with Crippen molar-refractivity contribution in [2.45, 2.75) is 78.4 Å². The minimum absolute atomic E-state index is 0.00910. The van der Waals surface area contributed by atoms with Crippen molar-refractivity contribution in [1.82, 2.24) is 14.8 Å². The highest BCUT2D eigenvalue weighted by Crippen LogP contribution is 2.46. The summed E-state index contributed by atoms with van der Waals surface area (Å²) in [6.07, 6.45) is 7.97. The van der Waals surface area contributed by atoms with Gasteiger partial charge in [-0.25, -0.2) is 24.3 Å². The van der Waals surface area contributed by atoms with Crippen molar-refractivity contribution in [2.24, 2.45) is 37.6 Å². The maximum absolute atomic E-state index is 11.8. The van der Waals surface area contributed by atoms with Crippen molar-refractivity contribution in [3.8, 4) is 5.88 Å². The lowest BCUT2D eigenvalue weighted by atomic mass is 9.88. The first kappa shape index (κ1) is 33.7. The van der Waals surface area contributed by atoms with Gasteiger partial charge in [-0.05, 0) is 38.8 Å². The number of ether oxygens (including phenoxy) is 4. The fourth-order valence-electron chi connectivity index (χ4n) is 6.32. The van der Waals surface area contributed by atoms with Crippen LogP contribution in [0.25, 0.3) is 0 Å². The summed E-state index contributed by atoms with van der Waals surface area (Å²) in [6, 6.07) is 9.12. The zero-order valence-corrected chi connectivity index (χ0v) is 28.2. The Hall–Kier alpha value is -5.21. The van der Waals surface area contributed by atoms with Crippen LogP contribution in [0.3, 0.4) is 0 Å². The Bertz CT molecular complexity index is 1690. The molecule has 6 atom stereocenters. The predicted molar refractivity (Wildman–Crippen MR) is 180 cm³/mol. The molecule has 2 N–H and O–H groups in total. The first-order chi connectivity index (χ1) is 23.6. The van der Waals surface area contributed by atoms with E-state index in [2.05, 4.69) is 58.6 Å². The molecular weight excluding hydrogens is 632 g/mol. The largest absolute Gasteiger partial charge is 0.510 e. The van der Waals surface area contributed by atoms with Crippen LogP contribution in [0.4, 0.5) is 26.8 Å². The number of allylic oxidation sites excluding steroid dienone is 3. The van der Waals surface area contributed by atoms with Gasteiger partial charge in [0.2, 0.25) is 6.23 Å². The third-order valence-electron chi connectivity index (χ3n) is 8.77. The van der Waals surface area contributed by atoms with Gasteiger partial charge < -0.3 is 29.4 Å². The molecule has 0 fully saturated rings. The van der Waals surface area contributed by atoms with Gasteiger partial charge in [-0.2, -0.15) is 10.2 Å². The van der Waals surface area contributed by atoms with Gasteiger partial charge >= 0.3 is 12.3 Å². The van der Waals surface area contributed by atoms with Gasteiger partial charge in [0.25, 0.3) is 5.88 Å². The Morgan fingerprint density at radius 1 is 0.959 bits per heavy atom. The van der Waals surface area contributed by atoms with Gasteiger partial charge in [0.05, 0.1) is 36.7 Å². The van der Waals surface area contributed by atoms with Crippen LogP contribution in [0.1, 0.15) is 59.9 Å². The van der Waals surface area contributed by atoms with Crippen molar-refractivity contribution in [3.63, 3.8) is 0 Å². The van der Waals surface area contributed by atoms with Gasteiger partial charge in [-0.15, -0.1) is 10.2 Å². The smallest absolute Gasteiger partial charge is 0.491 e. The molecule has 0 radical (unpaired) electrons. The quantitative estimate of drug-likeness (QED) is 0.185. The number of fused-ring (bicyclic) bond motifs is 6. The van der Waals surface area contributed by atoms with Crippen LogP contribution in [0.2, 0.25) is 0 Å². The number of aliphatic imine (C=N–C) groups is 1. The number of anilines is 1.